The van der Waals surface area contributed by atoms with Crippen molar-refractivity contribution in [3.63, 3.8) is 0 Å². The summed E-state index contributed by atoms with van der Waals surface area (Å²) < 4.78 is 2.14. The van der Waals surface area contributed by atoms with Gasteiger partial charge in [-0.25, -0.2) is 0 Å². The first-order valence-electron chi connectivity index (χ1n) is 7.40. The minimum Gasteiger partial charge on any atom is -0.315 e. The molecular weight excluding hydrogens is 222 g/mol. The van der Waals surface area contributed by atoms with Gasteiger partial charge >= 0.3 is 0 Å². The second-order valence-electron chi connectivity index (χ2n) is 5.73. The van der Waals surface area contributed by atoms with E-state index in [0.29, 0.717) is 0 Å². The molecule has 1 aliphatic rings. The average Bonchev–Trinajstić information content (AvgIpc) is 2.64. The zero-order valence-corrected chi connectivity index (χ0v) is 12.1. The summed E-state index contributed by atoms with van der Waals surface area (Å²) in [5.41, 5.74) is 3.81. The maximum absolute atomic E-state index is 4.57. The maximum atomic E-state index is 4.57. The minimum absolute atomic E-state index is 0.918. The van der Waals surface area contributed by atoms with Crippen molar-refractivity contribution in [3.8, 4) is 0 Å². The number of nitrogens with zero attached hydrogens (tertiary/aromatic N) is 2. The van der Waals surface area contributed by atoms with Crippen LogP contribution in [0.4, 0.5) is 0 Å². The molecule has 0 saturated heterocycles. The van der Waals surface area contributed by atoms with Crippen molar-refractivity contribution in [1.29, 1.82) is 0 Å². The normalized spacial score (nSPS) is 17.3. The van der Waals surface area contributed by atoms with E-state index < -0.39 is 0 Å². The van der Waals surface area contributed by atoms with E-state index in [4.69, 9.17) is 0 Å². The molecule has 0 unspecified atom stereocenters. The molecule has 1 heterocycles. The summed E-state index contributed by atoms with van der Waals surface area (Å²) >= 11 is 0. The Morgan fingerprint density at radius 1 is 1.17 bits per heavy atom. The molecule has 3 heteroatoms. The van der Waals surface area contributed by atoms with Gasteiger partial charge in [0.05, 0.1) is 12.2 Å². The molecule has 102 valence electrons. The summed E-state index contributed by atoms with van der Waals surface area (Å²) in [6.45, 7) is 9.64. The fourth-order valence-electron chi connectivity index (χ4n) is 2.89. The van der Waals surface area contributed by atoms with Crippen molar-refractivity contribution in [2.24, 2.45) is 5.92 Å². The van der Waals surface area contributed by atoms with Crippen molar-refractivity contribution >= 4 is 0 Å². The van der Waals surface area contributed by atoms with Gasteiger partial charge < -0.3 is 5.32 Å². The van der Waals surface area contributed by atoms with Crippen LogP contribution in [0.2, 0.25) is 0 Å². The van der Waals surface area contributed by atoms with Crippen LogP contribution in [0.3, 0.4) is 0 Å². The van der Waals surface area contributed by atoms with Crippen LogP contribution in [-0.2, 0) is 6.54 Å². The third-order valence-electron chi connectivity index (χ3n) is 4.40. The Kier molecular flexibility index (Phi) is 4.81. The molecule has 18 heavy (non-hydrogen) atoms. The molecule has 0 spiro atoms. The third kappa shape index (κ3) is 3.35. The molecular formula is C15H27N3. The highest BCUT2D eigenvalue weighted by atomic mass is 15.3. The Morgan fingerprint density at radius 3 is 2.50 bits per heavy atom. The zero-order valence-electron chi connectivity index (χ0n) is 12.1. The second-order valence-corrected chi connectivity index (χ2v) is 5.73. The number of aryl methyl sites for hydroxylation is 1. The van der Waals surface area contributed by atoms with Gasteiger partial charge in [0.25, 0.3) is 0 Å². The first kappa shape index (κ1) is 13.6. The summed E-state index contributed by atoms with van der Waals surface area (Å²) in [5.74, 6) is 0.918. The SMILES string of the molecule is Cc1nn(CCNCC2CCCCC2)c(C)c1C. The van der Waals surface area contributed by atoms with Crippen molar-refractivity contribution in [1.82, 2.24) is 15.1 Å². The molecule has 0 amide bonds. The van der Waals surface area contributed by atoms with Crippen LogP contribution < -0.4 is 5.32 Å². The molecule has 1 aromatic rings. The molecule has 0 radical (unpaired) electrons. The second kappa shape index (κ2) is 6.37. The molecule has 0 aliphatic heterocycles. The van der Waals surface area contributed by atoms with Crippen molar-refractivity contribution in [3.05, 3.63) is 17.0 Å². The molecule has 1 saturated carbocycles. The number of hydrogen-bond donors (Lipinski definition) is 1. The van der Waals surface area contributed by atoms with Crippen molar-refractivity contribution in [2.45, 2.75) is 59.4 Å². The quantitative estimate of drug-likeness (QED) is 0.813. The average molecular weight is 249 g/mol. The molecule has 0 aromatic carbocycles. The topological polar surface area (TPSA) is 29.9 Å². The van der Waals surface area contributed by atoms with Gasteiger partial charge in [-0.2, -0.15) is 5.10 Å². The summed E-state index contributed by atoms with van der Waals surface area (Å²) in [6, 6.07) is 0. The Labute approximate surface area is 111 Å². The van der Waals surface area contributed by atoms with E-state index in [9.17, 15) is 0 Å². The highest BCUT2D eigenvalue weighted by Gasteiger charge is 2.12. The van der Waals surface area contributed by atoms with Gasteiger partial charge in [-0.15, -0.1) is 0 Å². The predicted molar refractivity (Wildman–Crippen MR) is 75.9 cm³/mol. The maximum Gasteiger partial charge on any atom is 0.0625 e. The number of rotatable bonds is 5. The molecule has 0 atom stereocenters. The monoisotopic (exact) mass is 249 g/mol. The van der Waals surface area contributed by atoms with Crippen LogP contribution >= 0.6 is 0 Å². The summed E-state index contributed by atoms with van der Waals surface area (Å²) in [7, 11) is 0. The van der Waals surface area contributed by atoms with Crippen LogP contribution in [0.1, 0.15) is 49.1 Å². The van der Waals surface area contributed by atoms with Crippen LogP contribution in [0, 0.1) is 26.7 Å². The van der Waals surface area contributed by atoms with Gasteiger partial charge in [0, 0.05) is 12.2 Å². The number of hydrogen-bond acceptors (Lipinski definition) is 2. The Morgan fingerprint density at radius 2 is 1.89 bits per heavy atom. The fraction of sp³-hybridized carbons (Fsp3) is 0.800. The van der Waals surface area contributed by atoms with Crippen LogP contribution in [0.25, 0.3) is 0 Å². The largest absolute Gasteiger partial charge is 0.315 e. The molecule has 1 aliphatic carbocycles. The van der Waals surface area contributed by atoms with E-state index in [1.54, 1.807) is 0 Å². The van der Waals surface area contributed by atoms with Crippen LogP contribution in [0.15, 0.2) is 0 Å². The van der Waals surface area contributed by atoms with Gasteiger partial charge in [0.2, 0.25) is 0 Å². The lowest BCUT2D eigenvalue weighted by atomic mass is 9.89. The molecule has 1 fully saturated rings. The van der Waals surface area contributed by atoms with Gasteiger partial charge in [-0.1, -0.05) is 19.3 Å². The van der Waals surface area contributed by atoms with Crippen LogP contribution in [-0.4, -0.2) is 22.9 Å². The van der Waals surface area contributed by atoms with E-state index in [1.807, 2.05) is 0 Å². The summed E-state index contributed by atoms with van der Waals surface area (Å²) in [4.78, 5) is 0. The molecule has 3 nitrogen and oxygen atoms in total. The smallest absolute Gasteiger partial charge is 0.0625 e. The Bertz CT molecular complexity index is 375. The number of nitrogens with one attached hydrogen (secondary N) is 1. The highest BCUT2D eigenvalue weighted by molar-refractivity contribution is 5.22. The van der Waals surface area contributed by atoms with Crippen LogP contribution in [0.5, 0.6) is 0 Å². The Balaban J connectivity index is 1.70. The summed E-state index contributed by atoms with van der Waals surface area (Å²) in [6.07, 6.45) is 7.16. The summed E-state index contributed by atoms with van der Waals surface area (Å²) in [5, 5.41) is 8.17. The third-order valence-corrected chi connectivity index (χ3v) is 4.40. The lowest BCUT2D eigenvalue weighted by molar-refractivity contribution is 0.339. The Hall–Kier alpha value is -0.830. The predicted octanol–water partition coefficient (Wildman–Crippen LogP) is 2.98. The first-order valence-corrected chi connectivity index (χ1v) is 7.40. The van der Waals surface area contributed by atoms with E-state index in [2.05, 4.69) is 35.9 Å². The number of aromatic nitrogens is 2. The minimum atomic E-state index is 0.918. The van der Waals surface area contributed by atoms with E-state index >= 15 is 0 Å². The standard InChI is InChI=1S/C15H27N3/c1-12-13(2)17-18(14(12)3)10-9-16-11-15-7-5-4-6-8-15/h15-16H,4-11H2,1-3H3. The molecule has 1 N–H and O–H groups in total. The fourth-order valence-corrected chi connectivity index (χ4v) is 2.89. The van der Waals surface area contributed by atoms with Crippen molar-refractivity contribution < 1.29 is 0 Å². The van der Waals surface area contributed by atoms with Gasteiger partial charge in [-0.05, 0) is 51.6 Å². The zero-order chi connectivity index (χ0) is 13.0. The van der Waals surface area contributed by atoms with Gasteiger partial charge in [0.1, 0.15) is 0 Å². The van der Waals surface area contributed by atoms with E-state index in [1.165, 1.54) is 55.6 Å². The molecule has 0 bridgehead atoms. The van der Waals surface area contributed by atoms with E-state index in [0.717, 1.165) is 19.0 Å². The lowest BCUT2D eigenvalue weighted by Crippen LogP contribution is -2.28. The lowest BCUT2D eigenvalue weighted by Gasteiger charge is -2.21. The molecule has 2 rings (SSSR count). The van der Waals surface area contributed by atoms with Crippen molar-refractivity contribution in [2.75, 3.05) is 13.1 Å². The first-order chi connectivity index (χ1) is 8.68. The van der Waals surface area contributed by atoms with E-state index in [-0.39, 0.29) is 0 Å². The molecule has 1 aromatic heterocycles. The van der Waals surface area contributed by atoms with Gasteiger partial charge in [-0.3, -0.25) is 4.68 Å². The highest BCUT2D eigenvalue weighted by Crippen LogP contribution is 2.22. The van der Waals surface area contributed by atoms with Gasteiger partial charge in [0.15, 0.2) is 0 Å².